The molecule has 6 nitrogen and oxygen atoms in total. The second-order valence-corrected chi connectivity index (χ2v) is 4.53. The van der Waals surface area contributed by atoms with E-state index in [9.17, 15) is 0 Å². The average molecular weight is 246 g/mol. The zero-order valence-corrected chi connectivity index (χ0v) is 9.98. The summed E-state index contributed by atoms with van der Waals surface area (Å²) < 4.78 is 0. The molecule has 0 aromatic carbocycles. The van der Waals surface area contributed by atoms with Crippen LogP contribution in [0.5, 0.6) is 0 Å². The maximum Gasteiger partial charge on any atom is 0.226 e. The first-order chi connectivity index (χ1) is 8.33. The SMILES string of the molecule is CN(Cc1ncn[nH]1)c1ncc2ccsc2n1. The third-order valence-corrected chi connectivity index (χ3v) is 3.21. The molecule has 0 atom stereocenters. The number of anilines is 1. The number of aromatic amines is 1. The molecule has 3 aromatic heterocycles. The zero-order chi connectivity index (χ0) is 11.7. The number of hydrogen-bond acceptors (Lipinski definition) is 6. The molecule has 7 heteroatoms. The highest BCUT2D eigenvalue weighted by atomic mass is 32.1. The molecule has 0 amide bonds. The van der Waals surface area contributed by atoms with Crippen molar-refractivity contribution in [2.45, 2.75) is 6.54 Å². The van der Waals surface area contributed by atoms with Crippen molar-refractivity contribution < 1.29 is 0 Å². The summed E-state index contributed by atoms with van der Waals surface area (Å²) in [6.45, 7) is 0.608. The number of fused-ring (bicyclic) bond motifs is 1. The first kappa shape index (κ1) is 10.2. The van der Waals surface area contributed by atoms with Crippen molar-refractivity contribution in [1.29, 1.82) is 0 Å². The number of H-pyrrole nitrogens is 1. The highest BCUT2D eigenvalue weighted by Crippen LogP contribution is 2.19. The summed E-state index contributed by atoms with van der Waals surface area (Å²) in [6.07, 6.45) is 3.33. The second-order valence-electron chi connectivity index (χ2n) is 3.64. The standard InChI is InChI=1S/C10H10N6S/c1-16(5-8-12-6-13-15-8)10-11-4-7-2-3-17-9(7)14-10/h2-4,6H,5H2,1H3,(H,12,13,15). The summed E-state index contributed by atoms with van der Waals surface area (Å²) in [6, 6.07) is 2.01. The molecule has 3 aromatic rings. The van der Waals surface area contributed by atoms with Crippen LogP contribution in [0.2, 0.25) is 0 Å². The molecular weight excluding hydrogens is 236 g/mol. The predicted molar refractivity (Wildman–Crippen MR) is 65.9 cm³/mol. The van der Waals surface area contributed by atoms with Crippen LogP contribution < -0.4 is 4.90 Å². The molecule has 0 saturated carbocycles. The molecule has 0 fully saturated rings. The van der Waals surface area contributed by atoms with E-state index < -0.39 is 0 Å². The Morgan fingerprint density at radius 3 is 3.18 bits per heavy atom. The number of hydrogen-bond donors (Lipinski definition) is 1. The van der Waals surface area contributed by atoms with Gasteiger partial charge in [0.1, 0.15) is 17.0 Å². The Labute approximate surface area is 101 Å². The van der Waals surface area contributed by atoms with Gasteiger partial charge in [-0.25, -0.2) is 15.0 Å². The molecule has 0 radical (unpaired) electrons. The van der Waals surface area contributed by atoms with E-state index in [1.54, 1.807) is 11.3 Å². The van der Waals surface area contributed by atoms with E-state index in [0.717, 1.165) is 16.0 Å². The smallest absolute Gasteiger partial charge is 0.226 e. The maximum atomic E-state index is 4.49. The normalized spacial score (nSPS) is 10.9. The highest BCUT2D eigenvalue weighted by molar-refractivity contribution is 7.16. The second kappa shape index (κ2) is 4.10. The Hall–Kier alpha value is -2.02. The van der Waals surface area contributed by atoms with Gasteiger partial charge >= 0.3 is 0 Å². The van der Waals surface area contributed by atoms with Crippen molar-refractivity contribution in [3.63, 3.8) is 0 Å². The quantitative estimate of drug-likeness (QED) is 0.757. The van der Waals surface area contributed by atoms with Gasteiger partial charge in [-0.2, -0.15) is 5.10 Å². The minimum Gasteiger partial charge on any atom is -0.336 e. The Bertz CT molecular complexity index is 617. The van der Waals surface area contributed by atoms with E-state index in [1.165, 1.54) is 6.33 Å². The molecule has 0 bridgehead atoms. The van der Waals surface area contributed by atoms with Crippen LogP contribution in [-0.2, 0) is 6.54 Å². The number of thiophene rings is 1. The van der Waals surface area contributed by atoms with Crippen LogP contribution in [0.4, 0.5) is 5.95 Å². The lowest BCUT2D eigenvalue weighted by molar-refractivity contribution is 0.816. The van der Waals surface area contributed by atoms with Crippen LogP contribution in [0.25, 0.3) is 10.2 Å². The summed E-state index contributed by atoms with van der Waals surface area (Å²) in [5.74, 6) is 1.48. The molecule has 0 spiro atoms. The van der Waals surface area contributed by atoms with Gasteiger partial charge in [-0.15, -0.1) is 11.3 Å². The van der Waals surface area contributed by atoms with Crippen molar-refractivity contribution in [2.24, 2.45) is 0 Å². The zero-order valence-electron chi connectivity index (χ0n) is 9.16. The molecule has 3 rings (SSSR count). The van der Waals surface area contributed by atoms with E-state index >= 15 is 0 Å². The molecular formula is C10H10N6S. The van der Waals surface area contributed by atoms with Crippen LogP contribution in [-0.4, -0.2) is 32.2 Å². The van der Waals surface area contributed by atoms with Gasteiger partial charge in [0, 0.05) is 18.6 Å². The van der Waals surface area contributed by atoms with Crippen LogP contribution in [0.3, 0.4) is 0 Å². The van der Waals surface area contributed by atoms with E-state index in [1.807, 2.05) is 29.6 Å². The van der Waals surface area contributed by atoms with Gasteiger partial charge in [-0.05, 0) is 11.4 Å². The molecule has 0 saturated heterocycles. The van der Waals surface area contributed by atoms with Gasteiger partial charge in [0.25, 0.3) is 0 Å². The average Bonchev–Trinajstić information content (AvgIpc) is 2.97. The van der Waals surface area contributed by atoms with E-state index in [-0.39, 0.29) is 0 Å². The van der Waals surface area contributed by atoms with Crippen molar-refractivity contribution in [2.75, 3.05) is 11.9 Å². The van der Waals surface area contributed by atoms with E-state index in [4.69, 9.17) is 0 Å². The van der Waals surface area contributed by atoms with Gasteiger partial charge < -0.3 is 4.90 Å². The largest absolute Gasteiger partial charge is 0.336 e. The van der Waals surface area contributed by atoms with Crippen LogP contribution in [0, 0.1) is 0 Å². The predicted octanol–water partition coefficient (Wildman–Crippen LogP) is 1.45. The Morgan fingerprint density at radius 1 is 1.41 bits per heavy atom. The van der Waals surface area contributed by atoms with Crippen molar-refractivity contribution in [1.82, 2.24) is 25.1 Å². The molecule has 86 valence electrons. The molecule has 0 aliphatic rings. The number of rotatable bonds is 3. The Morgan fingerprint density at radius 2 is 2.35 bits per heavy atom. The summed E-state index contributed by atoms with van der Waals surface area (Å²) in [5, 5.41) is 9.71. The summed E-state index contributed by atoms with van der Waals surface area (Å²) >= 11 is 1.61. The summed E-state index contributed by atoms with van der Waals surface area (Å²) in [4.78, 5) is 15.8. The Balaban J connectivity index is 1.87. The minimum absolute atomic E-state index is 0.608. The maximum absolute atomic E-state index is 4.49. The lowest BCUT2D eigenvalue weighted by Crippen LogP contribution is -2.19. The van der Waals surface area contributed by atoms with Gasteiger partial charge in [-0.3, -0.25) is 5.10 Å². The fourth-order valence-corrected chi connectivity index (χ4v) is 2.27. The van der Waals surface area contributed by atoms with Gasteiger partial charge in [0.15, 0.2) is 0 Å². The summed E-state index contributed by atoms with van der Waals surface area (Å²) in [7, 11) is 1.93. The van der Waals surface area contributed by atoms with Gasteiger partial charge in [0.2, 0.25) is 5.95 Å². The van der Waals surface area contributed by atoms with Gasteiger partial charge in [0.05, 0.1) is 6.54 Å². The third-order valence-electron chi connectivity index (χ3n) is 2.39. The first-order valence-corrected chi connectivity index (χ1v) is 5.96. The molecule has 0 aliphatic heterocycles. The number of nitrogens with zero attached hydrogens (tertiary/aromatic N) is 5. The Kier molecular flexibility index (Phi) is 2.45. The molecule has 0 unspecified atom stereocenters. The van der Waals surface area contributed by atoms with Crippen molar-refractivity contribution >= 4 is 27.5 Å². The lowest BCUT2D eigenvalue weighted by atomic mass is 10.4. The van der Waals surface area contributed by atoms with Crippen LogP contribution in [0.1, 0.15) is 5.82 Å². The van der Waals surface area contributed by atoms with Crippen LogP contribution in [0.15, 0.2) is 24.0 Å². The van der Waals surface area contributed by atoms with E-state index in [2.05, 4.69) is 25.1 Å². The third kappa shape index (κ3) is 1.96. The van der Waals surface area contributed by atoms with E-state index in [0.29, 0.717) is 12.5 Å². The number of aromatic nitrogens is 5. The first-order valence-electron chi connectivity index (χ1n) is 5.08. The van der Waals surface area contributed by atoms with Crippen molar-refractivity contribution in [3.05, 3.63) is 29.8 Å². The highest BCUT2D eigenvalue weighted by Gasteiger charge is 2.08. The minimum atomic E-state index is 0.608. The molecule has 17 heavy (non-hydrogen) atoms. The topological polar surface area (TPSA) is 70.6 Å². The molecule has 3 heterocycles. The summed E-state index contributed by atoms with van der Waals surface area (Å²) in [5.41, 5.74) is 0. The van der Waals surface area contributed by atoms with Crippen molar-refractivity contribution in [3.8, 4) is 0 Å². The molecule has 1 N–H and O–H groups in total. The lowest BCUT2D eigenvalue weighted by Gasteiger charge is -2.14. The number of nitrogens with one attached hydrogen (secondary N) is 1. The monoisotopic (exact) mass is 246 g/mol. The van der Waals surface area contributed by atoms with Gasteiger partial charge in [-0.1, -0.05) is 0 Å². The molecule has 0 aliphatic carbocycles. The fraction of sp³-hybridized carbons (Fsp3) is 0.200. The van der Waals surface area contributed by atoms with Crippen LogP contribution >= 0.6 is 11.3 Å². The fourth-order valence-electron chi connectivity index (χ4n) is 1.53.